The van der Waals surface area contributed by atoms with Gasteiger partial charge in [0.2, 0.25) is 0 Å². The van der Waals surface area contributed by atoms with Crippen LogP contribution in [0.25, 0.3) is 22.3 Å². The summed E-state index contributed by atoms with van der Waals surface area (Å²) in [5.74, 6) is 0. The summed E-state index contributed by atoms with van der Waals surface area (Å²) in [6.07, 6.45) is 0. The first-order valence-electron chi connectivity index (χ1n) is 12.5. The van der Waals surface area contributed by atoms with Crippen LogP contribution in [-0.4, -0.2) is 8.07 Å². The topological polar surface area (TPSA) is 24.1 Å². The van der Waals surface area contributed by atoms with Gasteiger partial charge in [-0.1, -0.05) is 111 Å². The molecule has 0 saturated heterocycles. The van der Waals surface area contributed by atoms with E-state index in [4.69, 9.17) is 0 Å². The van der Waals surface area contributed by atoms with E-state index in [2.05, 4.69) is 146 Å². The summed E-state index contributed by atoms with van der Waals surface area (Å²) >= 11 is 0. The molecule has 178 valence electrons. The third-order valence-corrected chi connectivity index (χ3v) is 8.39. The van der Waals surface area contributed by atoms with Crippen molar-refractivity contribution in [2.75, 3.05) is 10.6 Å². The Balaban J connectivity index is 1.67. The lowest BCUT2D eigenvalue weighted by Gasteiger charge is -2.27. The number of anilines is 4. The fraction of sp³-hybridized carbons (Fsp3) is 0.0909. The van der Waals surface area contributed by atoms with Crippen molar-refractivity contribution in [3.63, 3.8) is 0 Å². The van der Waals surface area contributed by atoms with E-state index in [1.165, 1.54) is 27.4 Å². The Kier molecular flexibility index (Phi) is 6.74. The van der Waals surface area contributed by atoms with Crippen molar-refractivity contribution in [3.8, 4) is 22.3 Å². The number of rotatable bonds is 7. The maximum absolute atomic E-state index is 3.66. The van der Waals surface area contributed by atoms with Crippen LogP contribution in [0.5, 0.6) is 0 Å². The standard InChI is InChI=1S/C33H32N2Si/c1-36(2,3)33-29(27-19-10-12-23-31(27)34-25-15-6-4-7-16-25)21-14-22-30(33)28-20-11-13-24-32(28)35-26-17-8-5-9-18-26/h4-24,34-35H,1-3H3. The first kappa shape index (κ1) is 23.6. The van der Waals surface area contributed by atoms with Gasteiger partial charge in [-0.3, -0.25) is 0 Å². The third kappa shape index (κ3) is 5.12. The molecule has 5 rings (SSSR count). The van der Waals surface area contributed by atoms with Crippen LogP contribution in [0.2, 0.25) is 19.6 Å². The second kappa shape index (κ2) is 10.3. The zero-order valence-electron chi connectivity index (χ0n) is 21.1. The van der Waals surface area contributed by atoms with E-state index >= 15 is 0 Å². The molecule has 0 atom stereocenters. The maximum atomic E-state index is 3.66. The van der Waals surface area contributed by atoms with Gasteiger partial charge in [-0.25, -0.2) is 0 Å². The van der Waals surface area contributed by atoms with Gasteiger partial charge in [-0.2, -0.15) is 0 Å². The lowest BCUT2D eigenvalue weighted by atomic mass is 9.96. The maximum Gasteiger partial charge on any atom is 0.0792 e. The molecule has 0 aromatic heterocycles. The van der Waals surface area contributed by atoms with E-state index in [-0.39, 0.29) is 0 Å². The van der Waals surface area contributed by atoms with Gasteiger partial charge in [0.05, 0.1) is 8.07 Å². The number of benzene rings is 5. The van der Waals surface area contributed by atoms with Crippen LogP contribution in [0.4, 0.5) is 22.7 Å². The Labute approximate surface area is 215 Å². The van der Waals surface area contributed by atoms with Crippen molar-refractivity contribution in [3.05, 3.63) is 127 Å². The lowest BCUT2D eigenvalue weighted by Crippen LogP contribution is -2.40. The molecule has 0 bridgehead atoms. The van der Waals surface area contributed by atoms with Crippen molar-refractivity contribution in [1.29, 1.82) is 0 Å². The van der Waals surface area contributed by atoms with Crippen LogP contribution in [0.1, 0.15) is 0 Å². The smallest absolute Gasteiger partial charge is 0.0792 e. The van der Waals surface area contributed by atoms with Crippen molar-refractivity contribution in [1.82, 2.24) is 0 Å². The molecule has 0 heterocycles. The molecule has 0 fully saturated rings. The largest absolute Gasteiger partial charge is 0.355 e. The van der Waals surface area contributed by atoms with E-state index in [9.17, 15) is 0 Å². The van der Waals surface area contributed by atoms with Gasteiger partial charge >= 0.3 is 0 Å². The molecule has 0 aliphatic carbocycles. The zero-order chi connectivity index (χ0) is 25.0. The first-order chi connectivity index (χ1) is 17.5. The Morgan fingerprint density at radius 1 is 0.389 bits per heavy atom. The molecule has 0 radical (unpaired) electrons. The van der Waals surface area contributed by atoms with Gasteiger partial charge in [0.15, 0.2) is 0 Å². The molecule has 2 N–H and O–H groups in total. The predicted octanol–water partition coefficient (Wildman–Crippen LogP) is 9.05. The lowest BCUT2D eigenvalue weighted by molar-refractivity contribution is 1.52. The summed E-state index contributed by atoms with van der Waals surface area (Å²) < 4.78 is 0. The molecule has 3 heteroatoms. The van der Waals surface area contributed by atoms with Gasteiger partial charge in [-0.05, 0) is 52.7 Å². The molecular formula is C33H32N2Si. The van der Waals surface area contributed by atoms with Gasteiger partial charge < -0.3 is 10.6 Å². The molecule has 5 aromatic carbocycles. The van der Waals surface area contributed by atoms with Crippen LogP contribution >= 0.6 is 0 Å². The van der Waals surface area contributed by atoms with Crippen LogP contribution in [0, 0.1) is 0 Å². The molecule has 0 aliphatic heterocycles. The first-order valence-corrected chi connectivity index (χ1v) is 16.0. The summed E-state index contributed by atoms with van der Waals surface area (Å²) in [6, 6.07) is 44.9. The minimum atomic E-state index is -1.77. The number of para-hydroxylation sites is 4. The van der Waals surface area contributed by atoms with Crippen molar-refractivity contribution < 1.29 is 0 Å². The van der Waals surface area contributed by atoms with Gasteiger partial charge in [-0.15, -0.1) is 0 Å². The average molecular weight is 485 g/mol. The van der Waals surface area contributed by atoms with E-state index < -0.39 is 8.07 Å². The minimum Gasteiger partial charge on any atom is -0.355 e. The molecule has 5 aromatic rings. The Morgan fingerprint density at radius 2 is 0.750 bits per heavy atom. The molecule has 0 aliphatic rings. The molecule has 36 heavy (non-hydrogen) atoms. The predicted molar refractivity (Wildman–Crippen MR) is 160 cm³/mol. The molecule has 0 saturated carbocycles. The number of nitrogens with one attached hydrogen (secondary N) is 2. The summed E-state index contributed by atoms with van der Waals surface area (Å²) in [5, 5.41) is 8.78. The second-order valence-electron chi connectivity index (χ2n) is 10.1. The number of hydrogen-bond donors (Lipinski definition) is 2. The fourth-order valence-electron chi connectivity index (χ4n) is 4.82. The summed E-state index contributed by atoms with van der Waals surface area (Å²) in [4.78, 5) is 0. The summed E-state index contributed by atoms with van der Waals surface area (Å²) in [7, 11) is -1.77. The highest BCUT2D eigenvalue weighted by molar-refractivity contribution is 6.90. The van der Waals surface area contributed by atoms with Gasteiger partial charge in [0.25, 0.3) is 0 Å². The Hall–Kier alpha value is -4.08. The van der Waals surface area contributed by atoms with E-state index in [1.807, 2.05) is 12.1 Å². The van der Waals surface area contributed by atoms with E-state index in [0.717, 1.165) is 22.7 Å². The second-order valence-corrected chi connectivity index (χ2v) is 15.1. The number of hydrogen-bond acceptors (Lipinski definition) is 2. The fourth-order valence-corrected chi connectivity index (χ4v) is 6.87. The van der Waals surface area contributed by atoms with Gasteiger partial charge in [0.1, 0.15) is 0 Å². The third-order valence-electron chi connectivity index (χ3n) is 6.35. The van der Waals surface area contributed by atoms with Crippen LogP contribution in [-0.2, 0) is 0 Å². The zero-order valence-corrected chi connectivity index (χ0v) is 22.1. The van der Waals surface area contributed by atoms with Crippen LogP contribution in [0.3, 0.4) is 0 Å². The highest BCUT2D eigenvalue weighted by Gasteiger charge is 2.26. The summed E-state index contributed by atoms with van der Waals surface area (Å²) in [5.41, 5.74) is 9.50. The molecule has 0 spiro atoms. The molecule has 0 amide bonds. The monoisotopic (exact) mass is 484 g/mol. The Bertz CT molecular complexity index is 1350. The minimum absolute atomic E-state index is 1.09. The summed E-state index contributed by atoms with van der Waals surface area (Å²) in [6.45, 7) is 7.32. The quantitative estimate of drug-likeness (QED) is 0.225. The van der Waals surface area contributed by atoms with Crippen molar-refractivity contribution >= 4 is 36.0 Å². The van der Waals surface area contributed by atoms with E-state index in [0.29, 0.717) is 0 Å². The van der Waals surface area contributed by atoms with E-state index in [1.54, 1.807) is 0 Å². The average Bonchev–Trinajstić information content (AvgIpc) is 2.90. The molecule has 2 nitrogen and oxygen atoms in total. The molecular weight excluding hydrogens is 452 g/mol. The van der Waals surface area contributed by atoms with Gasteiger partial charge in [0, 0.05) is 33.9 Å². The van der Waals surface area contributed by atoms with Crippen molar-refractivity contribution in [2.24, 2.45) is 0 Å². The highest BCUT2D eigenvalue weighted by atomic mass is 28.3. The van der Waals surface area contributed by atoms with Crippen LogP contribution in [0.15, 0.2) is 127 Å². The molecule has 0 unspecified atom stereocenters. The SMILES string of the molecule is C[Si](C)(C)c1c(-c2ccccc2Nc2ccccc2)cccc1-c1ccccc1Nc1ccccc1. The Morgan fingerprint density at radius 3 is 1.17 bits per heavy atom. The van der Waals surface area contributed by atoms with Crippen LogP contribution < -0.4 is 15.8 Å². The normalized spacial score (nSPS) is 11.2. The van der Waals surface area contributed by atoms with Crippen molar-refractivity contribution in [2.45, 2.75) is 19.6 Å². The highest BCUT2D eigenvalue weighted by Crippen LogP contribution is 2.36.